The molecule has 2 aromatic heterocycles. The number of hydrogen-bond acceptors (Lipinski definition) is 4. The van der Waals surface area contributed by atoms with E-state index in [2.05, 4.69) is 9.97 Å². The van der Waals surface area contributed by atoms with E-state index in [9.17, 15) is 17.6 Å². The minimum absolute atomic E-state index is 0.203. The summed E-state index contributed by atoms with van der Waals surface area (Å²) in [5.41, 5.74) is 6.04. The van der Waals surface area contributed by atoms with Gasteiger partial charge in [-0.1, -0.05) is 0 Å². The summed E-state index contributed by atoms with van der Waals surface area (Å²) < 4.78 is 50.0. The summed E-state index contributed by atoms with van der Waals surface area (Å²) in [6, 6.07) is 0.256. The molecule has 1 atom stereocenters. The Morgan fingerprint density at radius 2 is 1.94 bits per heavy atom. The molecule has 3 nitrogen and oxygen atoms in total. The summed E-state index contributed by atoms with van der Waals surface area (Å²) in [5.74, 6) is -0.594. The van der Waals surface area contributed by atoms with Crippen molar-refractivity contribution in [3.8, 4) is 0 Å². The lowest BCUT2D eigenvalue weighted by Gasteiger charge is -2.08. The normalized spacial score (nSPS) is 13.6. The van der Waals surface area contributed by atoms with Crippen molar-refractivity contribution in [2.24, 2.45) is 5.73 Å². The zero-order chi connectivity index (χ0) is 13.3. The number of alkyl halides is 3. The number of thiazole rings is 1. The Bertz CT molecular complexity index is 552. The zero-order valence-electron chi connectivity index (χ0n) is 8.78. The van der Waals surface area contributed by atoms with Gasteiger partial charge in [0, 0.05) is 17.3 Å². The van der Waals surface area contributed by atoms with Crippen molar-refractivity contribution in [2.75, 3.05) is 0 Å². The fourth-order valence-electron chi connectivity index (χ4n) is 1.32. The Hall–Kier alpha value is -1.54. The molecule has 2 N–H and O–H groups in total. The molecule has 2 rings (SSSR count). The second kappa shape index (κ2) is 4.62. The van der Waals surface area contributed by atoms with E-state index in [0.29, 0.717) is 16.9 Å². The summed E-state index contributed by atoms with van der Waals surface area (Å²) in [6.07, 6.45) is -1.16. The second-order valence-electron chi connectivity index (χ2n) is 3.48. The average Bonchev–Trinajstić information content (AvgIpc) is 2.77. The molecule has 0 saturated heterocycles. The molecule has 0 bridgehead atoms. The first-order valence-electron chi connectivity index (χ1n) is 4.77. The van der Waals surface area contributed by atoms with E-state index in [1.807, 2.05) is 0 Å². The van der Waals surface area contributed by atoms with Crippen molar-refractivity contribution < 1.29 is 17.6 Å². The third-order valence-corrected chi connectivity index (χ3v) is 3.28. The summed E-state index contributed by atoms with van der Waals surface area (Å²) in [6.45, 7) is 0. The van der Waals surface area contributed by atoms with Crippen LogP contribution in [0.4, 0.5) is 17.6 Å². The highest BCUT2D eigenvalue weighted by atomic mass is 32.1. The largest absolute Gasteiger partial charge is 0.443 e. The molecule has 2 aromatic rings. The highest BCUT2D eigenvalue weighted by Gasteiger charge is 2.35. The fourth-order valence-corrected chi connectivity index (χ4v) is 2.14. The minimum atomic E-state index is -4.50. The van der Waals surface area contributed by atoms with Crippen LogP contribution in [0.5, 0.6) is 0 Å². The molecule has 0 amide bonds. The van der Waals surface area contributed by atoms with Gasteiger partial charge in [0.05, 0.1) is 12.2 Å². The molecular formula is C10H7F4N3S. The second-order valence-corrected chi connectivity index (χ2v) is 4.54. The number of hydrogen-bond donors (Lipinski definition) is 1. The Kier molecular flexibility index (Phi) is 3.31. The molecule has 0 spiro atoms. The van der Waals surface area contributed by atoms with Crippen molar-refractivity contribution in [2.45, 2.75) is 12.2 Å². The van der Waals surface area contributed by atoms with Crippen molar-refractivity contribution >= 4 is 11.3 Å². The highest BCUT2D eigenvalue weighted by molar-refractivity contribution is 7.11. The standard InChI is InChI=1S/C10H7F4N3S/c11-6-1-5(2-16-3-6)8(15)7-4-17-9(18-7)10(12,13)14/h1-4,8H,15H2. The van der Waals surface area contributed by atoms with Crippen molar-refractivity contribution in [3.05, 3.63) is 45.9 Å². The van der Waals surface area contributed by atoms with Gasteiger partial charge >= 0.3 is 6.18 Å². The quantitative estimate of drug-likeness (QED) is 0.859. The number of nitrogens with two attached hydrogens (primary N) is 1. The van der Waals surface area contributed by atoms with Crippen molar-refractivity contribution in [1.29, 1.82) is 0 Å². The van der Waals surface area contributed by atoms with E-state index in [4.69, 9.17) is 5.73 Å². The molecule has 0 aliphatic rings. The van der Waals surface area contributed by atoms with Crippen molar-refractivity contribution in [1.82, 2.24) is 9.97 Å². The molecule has 2 heterocycles. The fraction of sp³-hybridized carbons (Fsp3) is 0.200. The maximum Gasteiger partial charge on any atom is 0.443 e. The molecule has 1 unspecified atom stereocenters. The molecule has 0 radical (unpaired) electrons. The van der Waals surface area contributed by atoms with E-state index >= 15 is 0 Å². The Labute approximate surface area is 103 Å². The van der Waals surface area contributed by atoms with E-state index in [0.717, 1.165) is 18.5 Å². The molecule has 0 fully saturated rings. The molecule has 0 aliphatic carbocycles. The monoisotopic (exact) mass is 277 g/mol. The van der Waals surface area contributed by atoms with E-state index in [1.165, 1.54) is 6.20 Å². The van der Waals surface area contributed by atoms with Crippen LogP contribution in [-0.2, 0) is 6.18 Å². The van der Waals surface area contributed by atoms with Crippen LogP contribution in [0.25, 0.3) is 0 Å². The van der Waals surface area contributed by atoms with Crippen LogP contribution in [0.2, 0.25) is 0 Å². The SMILES string of the molecule is NC(c1cncc(F)c1)c1cnc(C(F)(F)F)s1. The van der Waals surface area contributed by atoms with Gasteiger partial charge in [0.2, 0.25) is 0 Å². The van der Waals surface area contributed by atoms with Gasteiger partial charge in [-0.25, -0.2) is 9.37 Å². The third kappa shape index (κ3) is 2.65. The lowest BCUT2D eigenvalue weighted by Crippen LogP contribution is -2.10. The minimum Gasteiger partial charge on any atom is -0.320 e. The first-order valence-corrected chi connectivity index (χ1v) is 5.58. The summed E-state index contributed by atoms with van der Waals surface area (Å²) >= 11 is 0.437. The van der Waals surface area contributed by atoms with Gasteiger partial charge in [0.25, 0.3) is 0 Å². The molecule has 0 saturated carbocycles. The number of halogens is 4. The van der Waals surface area contributed by atoms with Crippen LogP contribution in [0, 0.1) is 5.82 Å². The van der Waals surface area contributed by atoms with Crippen LogP contribution in [0.3, 0.4) is 0 Å². The number of nitrogens with zero attached hydrogens (tertiary/aromatic N) is 2. The molecule has 96 valence electrons. The lowest BCUT2D eigenvalue weighted by atomic mass is 10.1. The van der Waals surface area contributed by atoms with Crippen LogP contribution >= 0.6 is 11.3 Å². The van der Waals surface area contributed by atoms with Gasteiger partial charge in [0.1, 0.15) is 5.82 Å². The van der Waals surface area contributed by atoms with Gasteiger partial charge in [0.15, 0.2) is 5.01 Å². The van der Waals surface area contributed by atoms with Gasteiger partial charge < -0.3 is 5.73 Å². The first kappa shape index (κ1) is 12.9. The van der Waals surface area contributed by atoms with Gasteiger partial charge in [-0.3, -0.25) is 4.98 Å². The summed E-state index contributed by atoms with van der Waals surface area (Å²) in [5, 5.41) is -0.975. The summed E-state index contributed by atoms with van der Waals surface area (Å²) in [4.78, 5) is 7.05. The summed E-state index contributed by atoms with van der Waals surface area (Å²) in [7, 11) is 0. The third-order valence-electron chi connectivity index (χ3n) is 2.16. The van der Waals surface area contributed by atoms with Crippen molar-refractivity contribution in [3.63, 3.8) is 0 Å². The molecular weight excluding hydrogens is 270 g/mol. The van der Waals surface area contributed by atoms with Crippen LogP contribution in [0.15, 0.2) is 24.7 Å². The maximum absolute atomic E-state index is 12.9. The number of pyridine rings is 1. The van der Waals surface area contributed by atoms with Gasteiger partial charge in [-0.05, 0) is 11.6 Å². The first-order chi connectivity index (χ1) is 8.38. The Morgan fingerprint density at radius 3 is 2.50 bits per heavy atom. The van der Waals surface area contributed by atoms with E-state index < -0.39 is 23.0 Å². The number of rotatable bonds is 2. The van der Waals surface area contributed by atoms with Gasteiger partial charge in [-0.2, -0.15) is 13.2 Å². The topological polar surface area (TPSA) is 51.8 Å². The van der Waals surface area contributed by atoms with Gasteiger partial charge in [-0.15, -0.1) is 11.3 Å². The zero-order valence-corrected chi connectivity index (χ0v) is 9.60. The van der Waals surface area contributed by atoms with E-state index in [1.54, 1.807) is 0 Å². The maximum atomic E-state index is 12.9. The molecule has 8 heteroatoms. The predicted octanol–water partition coefficient (Wildman–Crippen LogP) is 2.74. The average molecular weight is 277 g/mol. The Balaban J connectivity index is 2.29. The predicted molar refractivity (Wildman–Crippen MR) is 57.3 cm³/mol. The highest BCUT2D eigenvalue weighted by Crippen LogP contribution is 2.35. The molecule has 0 aromatic carbocycles. The van der Waals surface area contributed by atoms with E-state index in [-0.39, 0.29) is 4.88 Å². The Morgan fingerprint density at radius 1 is 1.22 bits per heavy atom. The number of aromatic nitrogens is 2. The lowest BCUT2D eigenvalue weighted by molar-refractivity contribution is -0.137. The molecule has 18 heavy (non-hydrogen) atoms. The van der Waals surface area contributed by atoms with Crippen LogP contribution in [0.1, 0.15) is 21.5 Å². The molecule has 0 aliphatic heterocycles. The van der Waals surface area contributed by atoms with Crippen LogP contribution in [-0.4, -0.2) is 9.97 Å². The smallest absolute Gasteiger partial charge is 0.320 e. The van der Waals surface area contributed by atoms with Crippen LogP contribution < -0.4 is 5.73 Å².